The Labute approximate surface area is 206 Å². The van der Waals surface area contributed by atoms with Gasteiger partial charge in [-0.15, -0.1) is 0 Å². The van der Waals surface area contributed by atoms with Crippen LogP contribution in [-0.2, 0) is 20.9 Å². The second-order valence-corrected chi connectivity index (χ2v) is 8.35. The third kappa shape index (κ3) is 4.76. The normalized spacial score (nSPS) is 15.1. The van der Waals surface area contributed by atoms with Gasteiger partial charge in [-0.2, -0.15) is 4.90 Å². The third-order valence-electron chi connectivity index (χ3n) is 6.13. The minimum absolute atomic E-state index is 0.210. The zero-order chi connectivity index (χ0) is 25.8. The van der Waals surface area contributed by atoms with Gasteiger partial charge in [0.1, 0.15) is 23.8 Å². The lowest BCUT2D eigenvalue weighted by atomic mass is 10.0. The standard InChI is InChI=1S/C26H25N3O7/c1-16-18-10-5-6-12-20(18)36-25(33)22(16)24(32)29(26(34)35-15-17-8-3-2-4-9-17)23(31)19-11-7-13-28(19)21(30)14-27/h2-6,8-10,12,19H,7,11,13-15,27H2,1H3/t19-/m0/s1. The monoisotopic (exact) mass is 491 g/mol. The molecular weight excluding hydrogens is 466 g/mol. The van der Waals surface area contributed by atoms with Crippen LogP contribution in [0.3, 0.4) is 0 Å². The highest BCUT2D eigenvalue weighted by molar-refractivity contribution is 6.17. The number of benzene rings is 2. The van der Waals surface area contributed by atoms with E-state index in [1.165, 1.54) is 11.8 Å². The largest absolute Gasteiger partial charge is 0.444 e. The first-order chi connectivity index (χ1) is 17.3. The molecule has 186 valence electrons. The quantitative estimate of drug-likeness (QED) is 0.424. The molecule has 0 spiro atoms. The van der Waals surface area contributed by atoms with Crippen molar-refractivity contribution in [3.8, 4) is 0 Å². The summed E-state index contributed by atoms with van der Waals surface area (Å²) < 4.78 is 10.6. The number of likely N-dealkylation sites (tertiary alicyclic amines) is 1. The van der Waals surface area contributed by atoms with Gasteiger partial charge in [-0.05, 0) is 37.0 Å². The van der Waals surface area contributed by atoms with Gasteiger partial charge in [-0.1, -0.05) is 48.5 Å². The average Bonchev–Trinajstić information content (AvgIpc) is 3.38. The number of ether oxygens (including phenoxy) is 1. The Morgan fingerprint density at radius 3 is 2.50 bits per heavy atom. The number of carbonyl (C=O) groups is 4. The fourth-order valence-electron chi connectivity index (χ4n) is 4.31. The summed E-state index contributed by atoms with van der Waals surface area (Å²) in [6.45, 7) is 1.25. The summed E-state index contributed by atoms with van der Waals surface area (Å²) in [6.07, 6.45) is -0.542. The van der Waals surface area contributed by atoms with E-state index in [9.17, 15) is 24.0 Å². The number of nitrogens with zero attached hydrogens (tertiary/aromatic N) is 2. The fraction of sp³-hybridized carbons (Fsp3) is 0.269. The third-order valence-corrected chi connectivity index (χ3v) is 6.13. The van der Waals surface area contributed by atoms with E-state index in [2.05, 4.69) is 0 Å². The van der Waals surface area contributed by atoms with E-state index in [0.717, 1.165) is 0 Å². The van der Waals surface area contributed by atoms with Crippen LogP contribution in [0.2, 0.25) is 0 Å². The molecule has 1 aromatic heterocycles. The van der Waals surface area contributed by atoms with Gasteiger partial charge >= 0.3 is 11.7 Å². The van der Waals surface area contributed by atoms with Crippen molar-refractivity contribution in [2.75, 3.05) is 13.1 Å². The van der Waals surface area contributed by atoms with E-state index in [1.54, 1.807) is 54.6 Å². The molecule has 2 heterocycles. The summed E-state index contributed by atoms with van der Waals surface area (Å²) in [4.78, 5) is 67.0. The number of imide groups is 3. The van der Waals surface area contributed by atoms with Gasteiger partial charge in [0.15, 0.2) is 0 Å². The maximum absolute atomic E-state index is 13.6. The molecule has 4 rings (SSSR count). The van der Waals surface area contributed by atoms with E-state index >= 15 is 0 Å². The molecule has 2 N–H and O–H groups in total. The zero-order valence-corrected chi connectivity index (χ0v) is 19.6. The van der Waals surface area contributed by atoms with Crippen molar-refractivity contribution in [3.63, 3.8) is 0 Å². The summed E-state index contributed by atoms with van der Waals surface area (Å²) in [5.41, 5.74) is 5.16. The van der Waals surface area contributed by atoms with E-state index in [-0.39, 0.29) is 37.3 Å². The number of carbonyl (C=O) groups excluding carboxylic acids is 4. The molecule has 0 bridgehead atoms. The first kappa shape index (κ1) is 24.8. The molecule has 36 heavy (non-hydrogen) atoms. The molecule has 10 heteroatoms. The van der Waals surface area contributed by atoms with Gasteiger partial charge in [-0.3, -0.25) is 14.4 Å². The molecule has 0 aliphatic carbocycles. The number of rotatable bonds is 5. The van der Waals surface area contributed by atoms with Crippen LogP contribution in [-0.4, -0.2) is 52.7 Å². The number of hydrogen-bond donors (Lipinski definition) is 1. The van der Waals surface area contributed by atoms with Crippen LogP contribution in [0, 0.1) is 6.92 Å². The Bertz CT molecular complexity index is 1380. The van der Waals surface area contributed by atoms with Crippen LogP contribution in [0.4, 0.5) is 4.79 Å². The predicted octanol–water partition coefficient (Wildman–Crippen LogP) is 2.36. The van der Waals surface area contributed by atoms with Crippen molar-refractivity contribution in [1.82, 2.24) is 9.80 Å². The molecule has 3 aromatic rings. The second kappa shape index (κ2) is 10.5. The highest BCUT2D eigenvalue weighted by Gasteiger charge is 2.43. The van der Waals surface area contributed by atoms with E-state index < -0.39 is 41.0 Å². The van der Waals surface area contributed by atoms with Gasteiger partial charge in [0.2, 0.25) is 5.91 Å². The van der Waals surface area contributed by atoms with Gasteiger partial charge in [0.25, 0.3) is 11.8 Å². The minimum atomic E-state index is -1.26. The van der Waals surface area contributed by atoms with Crippen molar-refractivity contribution in [3.05, 3.63) is 81.7 Å². The van der Waals surface area contributed by atoms with Crippen LogP contribution in [0.5, 0.6) is 0 Å². The van der Waals surface area contributed by atoms with Crippen LogP contribution in [0.1, 0.15) is 34.3 Å². The molecule has 4 amide bonds. The van der Waals surface area contributed by atoms with Crippen molar-refractivity contribution >= 4 is 34.8 Å². The first-order valence-corrected chi connectivity index (χ1v) is 11.4. The number of aryl methyl sites for hydroxylation is 1. The maximum Gasteiger partial charge on any atom is 0.424 e. The Balaban J connectivity index is 1.73. The molecule has 0 radical (unpaired) electrons. The van der Waals surface area contributed by atoms with Crippen molar-refractivity contribution in [2.45, 2.75) is 32.4 Å². The molecule has 1 atom stereocenters. The number of fused-ring (bicyclic) bond motifs is 1. The van der Waals surface area contributed by atoms with Crippen LogP contribution < -0.4 is 11.4 Å². The van der Waals surface area contributed by atoms with Gasteiger partial charge in [0.05, 0.1) is 6.54 Å². The molecule has 10 nitrogen and oxygen atoms in total. The zero-order valence-electron chi connectivity index (χ0n) is 19.6. The summed E-state index contributed by atoms with van der Waals surface area (Å²) in [5.74, 6) is -2.64. The summed E-state index contributed by atoms with van der Waals surface area (Å²) in [5, 5.41) is 0.478. The van der Waals surface area contributed by atoms with Crippen LogP contribution >= 0.6 is 0 Å². The number of hydrogen-bond acceptors (Lipinski definition) is 8. The Morgan fingerprint density at radius 1 is 1.08 bits per heavy atom. The van der Waals surface area contributed by atoms with E-state index in [4.69, 9.17) is 14.9 Å². The summed E-state index contributed by atoms with van der Waals surface area (Å²) in [6, 6.07) is 14.2. The molecule has 1 aliphatic heterocycles. The van der Waals surface area contributed by atoms with E-state index in [1.807, 2.05) is 0 Å². The smallest absolute Gasteiger partial charge is 0.424 e. The highest BCUT2D eigenvalue weighted by Crippen LogP contribution is 2.24. The Morgan fingerprint density at radius 2 is 1.78 bits per heavy atom. The Hall–Kier alpha value is -4.31. The summed E-state index contributed by atoms with van der Waals surface area (Å²) in [7, 11) is 0. The predicted molar refractivity (Wildman–Crippen MR) is 129 cm³/mol. The number of para-hydroxylation sites is 1. The van der Waals surface area contributed by atoms with Crippen molar-refractivity contribution in [2.24, 2.45) is 5.73 Å². The van der Waals surface area contributed by atoms with E-state index in [0.29, 0.717) is 22.3 Å². The number of amides is 4. The van der Waals surface area contributed by atoms with Gasteiger partial charge in [0, 0.05) is 11.9 Å². The maximum atomic E-state index is 13.6. The second-order valence-electron chi connectivity index (χ2n) is 8.35. The lowest BCUT2D eigenvalue weighted by Crippen LogP contribution is -2.53. The topological polar surface area (TPSA) is 140 Å². The molecule has 1 fully saturated rings. The van der Waals surface area contributed by atoms with Gasteiger partial charge < -0.3 is 19.8 Å². The molecule has 1 saturated heterocycles. The fourth-order valence-corrected chi connectivity index (χ4v) is 4.31. The lowest BCUT2D eigenvalue weighted by Gasteiger charge is -2.27. The Kier molecular flexibility index (Phi) is 7.25. The highest BCUT2D eigenvalue weighted by atomic mass is 16.6. The SMILES string of the molecule is Cc1c(C(=O)N(C(=O)OCc2ccccc2)C(=O)[C@@H]2CCCN2C(=O)CN)c(=O)oc2ccccc12. The molecule has 0 saturated carbocycles. The minimum Gasteiger partial charge on any atom is -0.444 e. The summed E-state index contributed by atoms with van der Waals surface area (Å²) >= 11 is 0. The molecule has 2 aromatic carbocycles. The number of nitrogens with two attached hydrogens (primary N) is 1. The van der Waals surface area contributed by atoms with Crippen molar-refractivity contribution < 1.29 is 28.3 Å². The molecule has 0 unspecified atom stereocenters. The first-order valence-electron chi connectivity index (χ1n) is 11.4. The lowest BCUT2D eigenvalue weighted by molar-refractivity contribution is -0.140. The van der Waals surface area contributed by atoms with Crippen molar-refractivity contribution in [1.29, 1.82) is 0 Å². The van der Waals surface area contributed by atoms with Crippen LogP contribution in [0.15, 0.2) is 63.8 Å². The van der Waals surface area contributed by atoms with Gasteiger partial charge in [-0.25, -0.2) is 9.59 Å². The molecule has 1 aliphatic rings. The molecular formula is C26H25N3O7. The average molecular weight is 492 g/mol. The van der Waals surface area contributed by atoms with Crippen LogP contribution in [0.25, 0.3) is 11.0 Å².